The average Bonchev–Trinajstić information content (AvgIpc) is 3.00. The Bertz CT molecular complexity index is 880. The first-order valence-electron chi connectivity index (χ1n) is 6.89. The fourth-order valence-corrected chi connectivity index (χ4v) is 2.34. The van der Waals surface area contributed by atoms with E-state index >= 15 is 0 Å². The summed E-state index contributed by atoms with van der Waals surface area (Å²) in [7, 11) is 1.87. The molecule has 0 amide bonds. The molecule has 114 valence electrons. The summed E-state index contributed by atoms with van der Waals surface area (Å²) in [6.07, 6.45) is 6.94. The zero-order chi connectivity index (χ0) is 16.2. The van der Waals surface area contributed by atoms with Gasteiger partial charge in [-0.3, -0.25) is 9.67 Å². The molecule has 0 aliphatic rings. The van der Waals surface area contributed by atoms with Gasteiger partial charge in [0.1, 0.15) is 11.9 Å². The molecule has 0 fully saturated rings. The van der Waals surface area contributed by atoms with Gasteiger partial charge in [-0.25, -0.2) is 4.98 Å². The van der Waals surface area contributed by atoms with Gasteiger partial charge in [0.05, 0.1) is 22.5 Å². The molecule has 0 bridgehead atoms. The molecule has 1 N–H and O–H groups in total. The Kier molecular flexibility index (Phi) is 4.22. The SMILES string of the molecule is Cn1cc(-c2cc(CNc3ncc(C#N)cc3Cl)ccn2)cn1. The molecule has 0 atom stereocenters. The summed E-state index contributed by atoms with van der Waals surface area (Å²) < 4.78 is 1.74. The van der Waals surface area contributed by atoms with Gasteiger partial charge < -0.3 is 5.32 Å². The van der Waals surface area contributed by atoms with Gasteiger partial charge in [0.25, 0.3) is 0 Å². The third-order valence-corrected chi connectivity index (χ3v) is 3.54. The molecule has 23 heavy (non-hydrogen) atoms. The van der Waals surface area contributed by atoms with E-state index in [0.717, 1.165) is 16.8 Å². The van der Waals surface area contributed by atoms with Gasteiger partial charge in [-0.1, -0.05) is 11.6 Å². The molecule has 3 aromatic rings. The predicted molar refractivity (Wildman–Crippen MR) is 87.7 cm³/mol. The van der Waals surface area contributed by atoms with Crippen LogP contribution in [0.3, 0.4) is 0 Å². The number of nitrogens with one attached hydrogen (secondary N) is 1. The predicted octanol–water partition coefficient (Wildman–Crippen LogP) is 3.01. The second-order valence-electron chi connectivity index (χ2n) is 4.97. The van der Waals surface area contributed by atoms with Crippen LogP contribution in [0.5, 0.6) is 0 Å². The first-order valence-corrected chi connectivity index (χ1v) is 7.27. The minimum absolute atomic E-state index is 0.422. The Labute approximate surface area is 138 Å². The first-order chi connectivity index (χ1) is 11.2. The molecule has 0 spiro atoms. The summed E-state index contributed by atoms with van der Waals surface area (Å²) in [5.41, 5.74) is 3.30. The van der Waals surface area contributed by atoms with Crippen molar-refractivity contribution in [1.29, 1.82) is 5.26 Å². The standard InChI is InChI=1S/C16H13ClN6/c1-23-10-13(9-22-23)15-5-11(2-3-19-15)7-20-16-14(17)4-12(6-18)8-21-16/h2-5,8-10H,7H2,1H3,(H,20,21). The van der Waals surface area contributed by atoms with Crippen molar-refractivity contribution in [3.8, 4) is 17.3 Å². The molecule has 3 heterocycles. The van der Waals surface area contributed by atoms with Crippen molar-refractivity contribution < 1.29 is 0 Å². The lowest BCUT2D eigenvalue weighted by Gasteiger charge is -2.08. The lowest BCUT2D eigenvalue weighted by Crippen LogP contribution is -2.02. The lowest BCUT2D eigenvalue weighted by atomic mass is 10.1. The Balaban J connectivity index is 1.75. The molecule has 0 aliphatic carbocycles. The quantitative estimate of drug-likeness (QED) is 0.798. The third kappa shape index (κ3) is 3.47. The van der Waals surface area contributed by atoms with Crippen LogP contribution in [0.15, 0.2) is 43.0 Å². The summed E-state index contributed by atoms with van der Waals surface area (Å²) in [4.78, 5) is 8.51. The average molecular weight is 325 g/mol. The number of rotatable bonds is 4. The highest BCUT2D eigenvalue weighted by Gasteiger charge is 2.06. The van der Waals surface area contributed by atoms with Crippen LogP contribution in [-0.2, 0) is 13.6 Å². The number of aromatic nitrogens is 4. The fourth-order valence-electron chi connectivity index (χ4n) is 2.11. The largest absolute Gasteiger partial charge is 0.365 e. The van der Waals surface area contributed by atoms with E-state index in [1.807, 2.05) is 31.4 Å². The molecule has 7 heteroatoms. The fraction of sp³-hybridized carbons (Fsp3) is 0.125. The maximum Gasteiger partial charge on any atom is 0.145 e. The van der Waals surface area contributed by atoms with E-state index in [4.69, 9.17) is 16.9 Å². The van der Waals surface area contributed by atoms with E-state index in [0.29, 0.717) is 22.9 Å². The molecule has 3 aromatic heterocycles. The summed E-state index contributed by atoms with van der Waals surface area (Å²) in [5, 5.41) is 16.6. The lowest BCUT2D eigenvalue weighted by molar-refractivity contribution is 0.768. The molecule has 0 aliphatic heterocycles. The second-order valence-corrected chi connectivity index (χ2v) is 5.38. The van der Waals surface area contributed by atoms with Crippen LogP contribution >= 0.6 is 11.6 Å². The number of halogens is 1. The Morgan fingerprint density at radius 3 is 2.87 bits per heavy atom. The van der Waals surface area contributed by atoms with E-state index in [2.05, 4.69) is 20.4 Å². The minimum atomic E-state index is 0.422. The van der Waals surface area contributed by atoms with Crippen molar-refractivity contribution >= 4 is 17.4 Å². The number of nitrogens with zero attached hydrogens (tertiary/aromatic N) is 5. The zero-order valence-electron chi connectivity index (χ0n) is 12.4. The Morgan fingerprint density at radius 2 is 2.17 bits per heavy atom. The summed E-state index contributed by atoms with van der Waals surface area (Å²) in [6.45, 7) is 0.550. The van der Waals surface area contributed by atoms with Crippen molar-refractivity contribution in [2.24, 2.45) is 7.05 Å². The molecule has 0 aromatic carbocycles. The van der Waals surface area contributed by atoms with Crippen molar-refractivity contribution in [3.63, 3.8) is 0 Å². The van der Waals surface area contributed by atoms with E-state index in [9.17, 15) is 0 Å². The van der Waals surface area contributed by atoms with Crippen LogP contribution in [0.25, 0.3) is 11.3 Å². The molecular formula is C16H13ClN6. The monoisotopic (exact) mass is 324 g/mol. The van der Waals surface area contributed by atoms with Crippen LogP contribution in [0.4, 0.5) is 5.82 Å². The summed E-state index contributed by atoms with van der Waals surface area (Å²) >= 11 is 6.10. The molecular weight excluding hydrogens is 312 g/mol. The Morgan fingerprint density at radius 1 is 1.30 bits per heavy atom. The molecule has 3 rings (SSSR count). The van der Waals surface area contributed by atoms with E-state index in [-0.39, 0.29) is 0 Å². The number of aryl methyl sites for hydroxylation is 1. The minimum Gasteiger partial charge on any atom is -0.365 e. The normalized spacial score (nSPS) is 10.3. The summed E-state index contributed by atoms with van der Waals surface area (Å²) in [6, 6.07) is 7.50. The van der Waals surface area contributed by atoms with Crippen LogP contribution in [-0.4, -0.2) is 19.7 Å². The van der Waals surface area contributed by atoms with Crippen LogP contribution in [0, 0.1) is 11.3 Å². The number of anilines is 1. The van der Waals surface area contributed by atoms with Gasteiger partial charge in [-0.05, 0) is 23.8 Å². The molecule has 0 saturated carbocycles. The number of pyridine rings is 2. The number of nitriles is 1. The second kappa shape index (κ2) is 6.46. The van der Waals surface area contributed by atoms with E-state index in [1.165, 1.54) is 6.20 Å². The zero-order valence-corrected chi connectivity index (χ0v) is 13.1. The van der Waals surface area contributed by atoms with E-state index < -0.39 is 0 Å². The van der Waals surface area contributed by atoms with Crippen molar-refractivity contribution in [1.82, 2.24) is 19.7 Å². The van der Waals surface area contributed by atoms with Gasteiger partial charge in [0.2, 0.25) is 0 Å². The highest BCUT2D eigenvalue weighted by atomic mass is 35.5. The van der Waals surface area contributed by atoms with Gasteiger partial charge in [0.15, 0.2) is 0 Å². The highest BCUT2D eigenvalue weighted by Crippen LogP contribution is 2.21. The van der Waals surface area contributed by atoms with Gasteiger partial charge in [0, 0.05) is 37.7 Å². The van der Waals surface area contributed by atoms with Crippen LogP contribution in [0.2, 0.25) is 5.02 Å². The van der Waals surface area contributed by atoms with E-state index in [1.54, 1.807) is 23.1 Å². The van der Waals surface area contributed by atoms with Crippen LogP contribution < -0.4 is 5.32 Å². The summed E-state index contributed by atoms with van der Waals surface area (Å²) in [5.74, 6) is 0.547. The topological polar surface area (TPSA) is 79.4 Å². The van der Waals surface area contributed by atoms with Crippen molar-refractivity contribution in [3.05, 3.63) is 59.1 Å². The molecule has 0 unspecified atom stereocenters. The molecule has 6 nitrogen and oxygen atoms in total. The highest BCUT2D eigenvalue weighted by molar-refractivity contribution is 6.33. The molecule has 0 saturated heterocycles. The smallest absolute Gasteiger partial charge is 0.145 e. The number of hydrogen-bond acceptors (Lipinski definition) is 5. The maximum absolute atomic E-state index is 8.82. The molecule has 0 radical (unpaired) electrons. The number of hydrogen-bond donors (Lipinski definition) is 1. The maximum atomic E-state index is 8.82. The first kappa shape index (κ1) is 15.0. The van der Waals surface area contributed by atoms with Gasteiger partial charge >= 0.3 is 0 Å². The van der Waals surface area contributed by atoms with Crippen LogP contribution in [0.1, 0.15) is 11.1 Å². The van der Waals surface area contributed by atoms with Crippen molar-refractivity contribution in [2.45, 2.75) is 6.54 Å². The van der Waals surface area contributed by atoms with Gasteiger partial charge in [-0.2, -0.15) is 10.4 Å². The van der Waals surface area contributed by atoms with Crippen molar-refractivity contribution in [2.75, 3.05) is 5.32 Å². The Hall–Kier alpha value is -2.91. The van der Waals surface area contributed by atoms with Gasteiger partial charge in [-0.15, -0.1) is 0 Å². The third-order valence-electron chi connectivity index (χ3n) is 3.26.